The van der Waals surface area contributed by atoms with Crippen LogP contribution in [0, 0.1) is 5.92 Å². The molecule has 4 heteroatoms. The van der Waals surface area contributed by atoms with Crippen LogP contribution in [0.3, 0.4) is 0 Å². The van der Waals surface area contributed by atoms with Gasteiger partial charge in [0.05, 0.1) is 6.04 Å². The lowest BCUT2D eigenvalue weighted by atomic mass is 9.94. The highest BCUT2D eigenvalue weighted by Crippen LogP contribution is 2.16. The third-order valence-corrected chi connectivity index (χ3v) is 3.97. The van der Waals surface area contributed by atoms with Crippen LogP contribution in [0.4, 0.5) is 0 Å². The van der Waals surface area contributed by atoms with Gasteiger partial charge in [-0.05, 0) is 29.9 Å². The molecular formula is C16H24N2O2. The van der Waals surface area contributed by atoms with Crippen LogP contribution in [0.2, 0.25) is 0 Å². The molecule has 1 amide bonds. The zero-order valence-electron chi connectivity index (χ0n) is 12.2. The van der Waals surface area contributed by atoms with E-state index in [0.717, 1.165) is 13.0 Å². The summed E-state index contributed by atoms with van der Waals surface area (Å²) in [6.07, 6.45) is 1.33. The standard InChI is InChI=1S/C16H24N2O2/c1-11(2)14(7-8-19)18-16(20)15-9-12-5-3-4-6-13(12)10-17-15/h3-6,11,14-15,17,19H,7-10H2,1-2H3,(H,18,20). The SMILES string of the molecule is CC(C)C(CCO)NC(=O)C1Cc2ccccc2CN1. The fourth-order valence-electron chi connectivity index (χ4n) is 2.63. The first-order valence-corrected chi connectivity index (χ1v) is 7.33. The Balaban J connectivity index is 1.97. The van der Waals surface area contributed by atoms with Gasteiger partial charge in [0.2, 0.25) is 5.91 Å². The summed E-state index contributed by atoms with van der Waals surface area (Å²) in [6.45, 7) is 4.96. The van der Waals surface area contributed by atoms with Gasteiger partial charge in [0.15, 0.2) is 0 Å². The number of carbonyl (C=O) groups is 1. The summed E-state index contributed by atoms with van der Waals surface area (Å²) in [6, 6.07) is 8.08. The first kappa shape index (κ1) is 15.0. The predicted octanol–water partition coefficient (Wildman–Crippen LogP) is 1.22. The summed E-state index contributed by atoms with van der Waals surface area (Å²) in [5.41, 5.74) is 2.52. The van der Waals surface area contributed by atoms with Crippen molar-refractivity contribution in [2.45, 2.75) is 45.3 Å². The third kappa shape index (κ3) is 3.58. The number of aliphatic hydroxyl groups is 1. The molecule has 0 fully saturated rings. The summed E-state index contributed by atoms with van der Waals surface area (Å²) in [5, 5.41) is 15.4. The molecule has 110 valence electrons. The van der Waals surface area contributed by atoms with Crippen LogP contribution in [-0.4, -0.2) is 29.7 Å². The number of benzene rings is 1. The van der Waals surface area contributed by atoms with Crippen molar-refractivity contribution in [3.63, 3.8) is 0 Å². The Bertz CT molecular complexity index is 460. The van der Waals surface area contributed by atoms with Gasteiger partial charge in [0, 0.05) is 19.2 Å². The van der Waals surface area contributed by atoms with Crippen LogP contribution < -0.4 is 10.6 Å². The molecular weight excluding hydrogens is 252 g/mol. The molecule has 1 aromatic carbocycles. The number of hydrogen-bond donors (Lipinski definition) is 3. The second-order valence-electron chi connectivity index (χ2n) is 5.78. The molecule has 2 atom stereocenters. The number of aliphatic hydroxyl groups excluding tert-OH is 1. The molecule has 1 aliphatic rings. The van der Waals surface area contributed by atoms with Crippen molar-refractivity contribution in [1.82, 2.24) is 10.6 Å². The van der Waals surface area contributed by atoms with E-state index in [2.05, 4.69) is 36.6 Å². The third-order valence-electron chi connectivity index (χ3n) is 3.97. The minimum Gasteiger partial charge on any atom is -0.396 e. The monoisotopic (exact) mass is 276 g/mol. The molecule has 0 aromatic heterocycles. The first-order chi connectivity index (χ1) is 9.61. The fourth-order valence-corrected chi connectivity index (χ4v) is 2.63. The average Bonchev–Trinajstić information content (AvgIpc) is 2.46. The molecule has 0 radical (unpaired) electrons. The van der Waals surface area contributed by atoms with E-state index in [1.165, 1.54) is 11.1 Å². The van der Waals surface area contributed by atoms with Crippen LogP contribution in [0.5, 0.6) is 0 Å². The zero-order chi connectivity index (χ0) is 14.5. The van der Waals surface area contributed by atoms with Crippen molar-refractivity contribution in [1.29, 1.82) is 0 Å². The second-order valence-corrected chi connectivity index (χ2v) is 5.78. The van der Waals surface area contributed by atoms with Crippen molar-refractivity contribution in [3.8, 4) is 0 Å². The largest absolute Gasteiger partial charge is 0.396 e. The molecule has 0 saturated heterocycles. The lowest BCUT2D eigenvalue weighted by molar-refractivity contribution is -0.124. The topological polar surface area (TPSA) is 61.4 Å². The summed E-state index contributed by atoms with van der Waals surface area (Å²) < 4.78 is 0. The Morgan fingerprint density at radius 1 is 1.40 bits per heavy atom. The zero-order valence-corrected chi connectivity index (χ0v) is 12.2. The van der Waals surface area contributed by atoms with Crippen LogP contribution in [-0.2, 0) is 17.8 Å². The van der Waals surface area contributed by atoms with Crippen LogP contribution in [0.15, 0.2) is 24.3 Å². The van der Waals surface area contributed by atoms with E-state index >= 15 is 0 Å². The quantitative estimate of drug-likeness (QED) is 0.758. The highest BCUT2D eigenvalue weighted by Gasteiger charge is 2.26. The van der Waals surface area contributed by atoms with Gasteiger partial charge < -0.3 is 15.7 Å². The van der Waals surface area contributed by atoms with Crippen LogP contribution in [0.25, 0.3) is 0 Å². The van der Waals surface area contributed by atoms with Crippen molar-refractivity contribution >= 4 is 5.91 Å². The van der Waals surface area contributed by atoms with E-state index in [9.17, 15) is 4.79 Å². The number of fused-ring (bicyclic) bond motifs is 1. The molecule has 4 nitrogen and oxygen atoms in total. The smallest absolute Gasteiger partial charge is 0.237 e. The Morgan fingerprint density at radius 2 is 2.10 bits per heavy atom. The molecule has 1 heterocycles. The maximum absolute atomic E-state index is 12.3. The number of rotatable bonds is 5. The average molecular weight is 276 g/mol. The highest BCUT2D eigenvalue weighted by molar-refractivity contribution is 5.82. The molecule has 1 aromatic rings. The second kappa shape index (κ2) is 6.86. The van der Waals surface area contributed by atoms with Crippen molar-refractivity contribution in [2.24, 2.45) is 5.92 Å². The normalized spacial score (nSPS) is 19.5. The molecule has 2 rings (SSSR count). The van der Waals surface area contributed by atoms with E-state index < -0.39 is 0 Å². The molecule has 3 N–H and O–H groups in total. The minimum atomic E-state index is -0.176. The Morgan fingerprint density at radius 3 is 2.75 bits per heavy atom. The van der Waals surface area contributed by atoms with E-state index in [0.29, 0.717) is 12.3 Å². The maximum Gasteiger partial charge on any atom is 0.237 e. The van der Waals surface area contributed by atoms with Gasteiger partial charge >= 0.3 is 0 Å². The van der Waals surface area contributed by atoms with E-state index in [4.69, 9.17) is 5.11 Å². The Hall–Kier alpha value is -1.39. The Kier molecular flexibility index (Phi) is 5.15. The van der Waals surface area contributed by atoms with Gasteiger partial charge in [-0.2, -0.15) is 0 Å². The molecule has 20 heavy (non-hydrogen) atoms. The lowest BCUT2D eigenvalue weighted by Gasteiger charge is -2.28. The summed E-state index contributed by atoms with van der Waals surface area (Å²) >= 11 is 0. The lowest BCUT2D eigenvalue weighted by Crippen LogP contribution is -2.51. The predicted molar refractivity (Wildman–Crippen MR) is 79.2 cm³/mol. The first-order valence-electron chi connectivity index (χ1n) is 7.33. The van der Waals surface area contributed by atoms with Gasteiger partial charge in [0.1, 0.15) is 0 Å². The van der Waals surface area contributed by atoms with Gasteiger partial charge in [-0.3, -0.25) is 4.79 Å². The fraction of sp³-hybridized carbons (Fsp3) is 0.562. The molecule has 0 saturated carbocycles. The van der Waals surface area contributed by atoms with Crippen molar-refractivity contribution in [2.75, 3.05) is 6.61 Å². The molecule has 0 aliphatic carbocycles. The molecule has 2 unspecified atom stereocenters. The molecule has 0 spiro atoms. The summed E-state index contributed by atoms with van der Waals surface area (Å²) in [5.74, 6) is 0.355. The van der Waals surface area contributed by atoms with Crippen LogP contribution in [0.1, 0.15) is 31.4 Å². The highest BCUT2D eigenvalue weighted by atomic mass is 16.3. The Labute approximate surface area is 120 Å². The van der Waals surface area contributed by atoms with Gasteiger partial charge in [-0.15, -0.1) is 0 Å². The van der Waals surface area contributed by atoms with E-state index in [-0.39, 0.29) is 24.6 Å². The summed E-state index contributed by atoms with van der Waals surface area (Å²) in [4.78, 5) is 12.3. The van der Waals surface area contributed by atoms with Crippen molar-refractivity contribution < 1.29 is 9.90 Å². The minimum absolute atomic E-state index is 0.0338. The number of carbonyl (C=O) groups excluding carboxylic acids is 1. The van der Waals surface area contributed by atoms with Crippen molar-refractivity contribution in [3.05, 3.63) is 35.4 Å². The number of nitrogens with one attached hydrogen (secondary N) is 2. The van der Waals surface area contributed by atoms with Gasteiger partial charge in [0.25, 0.3) is 0 Å². The van der Waals surface area contributed by atoms with Crippen LogP contribution >= 0.6 is 0 Å². The maximum atomic E-state index is 12.3. The summed E-state index contributed by atoms with van der Waals surface area (Å²) in [7, 11) is 0. The number of hydrogen-bond acceptors (Lipinski definition) is 3. The molecule has 1 aliphatic heterocycles. The van der Waals surface area contributed by atoms with Gasteiger partial charge in [-0.1, -0.05) is 38.1 Å². The van der Waals surface area contributed by atoms with Gasteiger partial charge in [-0.25, -0.2) is 0 Å². The molecule has 0 bridgehead atoms. The van der Waals surface area contributed by atoms with E-state index in [1.54, 1.807) is 0 Å². The van der Waals surface area contributed by atoms with E-state index in [1.807, 2.05) is 12.1 Å². The number of amides is 1.